The van der Waals surface area contributed by atoms with Crippen LogP contribution in [0, 0.1) is 41.5 Å². The summed E-state index contributed by atoms with van der Waals surface area (Å²) in [5.41, 5.74) is 9.05. The van der Waals surface area contributed by atoms with Crippen LogP contribution in [0.3, 0.4) is 0 Å². The van der Waals surface area contributed by atoms with Crippen LogP contribution in [0.1, 0.15) is 80.2 Å². The SMILES string of the molecule is CC(C)C(Oc1cccnc1N)c1c(Cl)ccc(F)c1Cl.CCC(Oc1cccnc1[N+](=O)[O-])c1c(Cl)ccc(C)c1Cl.CNc1ncc(C)cc1OC(C)c1c(Cl)ccc(F)c1Cl. The molecule has 64 heavy (non-hydrogen) atoms. The Morgan fingerprint density at radius 2 is 1.30 bits per heavy atom. The fourth-order valence-corrected chi connectivity index (χ4v) is 7.92. The van der Waals surface area contributed by atoms with Crippen LogP contribution < -0.4 is 25.3 Å². The van der Waals surface area contributed by atoms with Crippen molar-refractivity contribution in [3.05, 3.63) is 165 Å². The number of benzene rings is 3. The number of nitrogens with zero attached hydrogens (tertiary/aromatic N) is 4. The number of pyridine rings is 3. The monoisotopic (exact) mass is 996 g/mol. The Bertz CT molecular complexity index is 2580. The second-order valence-electron chi connectivity index (χ2n) is 14.2. The minimum Gasteiger partial charge on any atom is -0.482 e. The first-order chi connectivity index (χ1) is 30.3. The highest BCUT2D eigenvalue weighted by molar-refractivity contribution is 6.37. The molecule has 6 aromatic rings. The van der Waals surface area contributed by atoms with E-state index in [1.54, 1.807) is 50.6 Å². The third-order valence-electron chi connectivity index (χ3n) is 9.24. The molecule has 3 aromatic carbocycles. The molecule has 0 saturated carbocycles. The van der Waals surface area contributed by atoms with Crippen LogP contribution in [0.5, 0.6) is 17.2 Å². The van der Waals surface area contributed by atoms with Gasteiger partial charge in [0, 0.05) is 51.2 Å². The fourth-order valence-electron chi connectivity index (χ4n) is 6.04. The molecule has 0 bridgehead atoms. The summed E-state index contributed by atoms with van der Waals surface area (Å²) < 4.78 is 44.8. The Hall–Kier alpha value is -4.89. The maximum atomic E-state index is 13.7. The number of hydrogen-bond acceptors (Lipinski definition) is 10. The van der Waals surface area contributed by atoms with Crippen molar-refractivity contribution in [2.45, 2.75) is 66.3 Å². The van der Waals surface area contributed by atoms with E-state index in [2.05, 4.69) is 20.3 Å². The van der Waals surface area contributed by atoms with Gasteiger partial charge in [-0.1, -0.05) is 96.4 Å². The van der Waals surface area contributed by atoms with Crippen LogP contribution in [0.25, 0.3) is 0 Å². The molecular formula is C45H44Cl6F2N6O5. The zero-order chi connectivity index (χ0) is 47.4. The van der Waals surface area contributed by atoms with E-state index < -0.39 is 34.9 Å². The smallest absolute Gasteiger partial charge is 0.406 e. The molecule has 11 nitrogen and oxygen atoms in total. The van der Waals surface area contributed by atoms with Crippen molar-refractivity contribution >= 4 is 87.1 Å². The van der Waals surface area contributed by atoms with Crippen LogP contribution in [0.2, 0.25) is 30.1 Å². The first-order valence-corrected chi connectivity index (χ1v) is 21.7. The van der Waals surface area contributed by atoms with Gasteiger partial charge in [-0.05, 0) is 115 Å². The number of nitrogens with two attached hydrogens (primary N) is 1. The maximum Gasteiger partial charge on any atom is 0.406 e. The van der Waals surface area contributed by atoms with Gasteiger partial charge in [-0.25, -0.2) is 18.7 Å². The predicted molar refractivity (Wildman–Crippen MR) is 253 cm³/mol. The second-order valence-corrected chi connectivity index (χ2v) is 16.6. The van der Waals surface area contributed by atoms with Gasteiger partial charge < -0.3 is 35.4 Å². The molecule has 0 aliphatic carbocycles. The van der Waals surface area contributed by atoms with Gasteiger partial charge in [0.2, 0.25) is 5.75 Å². The molecule has 3 aromatic heterocycles. The van der Waals surface area contributed by atoms with Gasteiger partial charge in [0.05, 0.1) is 15.1 Å². The number of ether oxygens (including phenoxy) is 3. The summed E-state index contributed by atoms with van der Waals surface area (Å²) in [6.45, 7) is 11.3. The van der Waals surface area contributed by atoms with Crippen molar-refractivity contribution in [2.24, 2.45) is 5.92 Å². The number of nitro groups is 1. The van der Waals surface area contributed by atoms with E-state index in [0.29, 0.717) is 60.5 Å². The molecule has 3 unspecified atom stereocenters. The molecule has 0 aliphatic heterocycles. The minimum atomic E-state index is -0.582. The number of aryl methyl sites for hydroxylation is 2. The van der Waals surface area contributed by atoms with Crippen molar-refractivity contribution in [1.29, 1.82) is 0 Å². The zero-order valence-corrected chi connectivity index (χ0v) is 40.1. The van der Waals surface area contributed by atoms with Crippen molar-refractivity contribution in [3.8, 4) is 17.2 Å². The van der Waals surface area contributed by atoms with E-state index in [9.17, 15) is 18.9 Å². The molecule has 0 radical (unpaired) electrons. The average molecular weight is 1000 g/mol. The lowest BCUT2D eigenvalue weighted by Gasteiger charge is -2.25. The third-order valence-corrected chi connectivity index (χ3v) is 11.5. The summed E-state index contributed by atoms with van der Waals surface area (Å²) in [6, 6.07) is 17.3. The summed E-state index contributed by atoms with van der Waals surface area (Å²) in [7, 11) is 1.75. The summed E-state index contributed by atoms with van der Waals surface area (Å²) >= 11 is 36.9. The molecule has 0 spiro atoms. The van der Waals surface area contributed by atoms with Gasteiger partial charge in [0.1, 0.15) is 36.1 Å². The number of aromatic nitrogens is 3. The summed E-state index contributed by atoms with van der Waals surface area (Å²) in [4.78, 5) is 22.4. The van der Waals surface area contributed by atoms with Gasteiger partial charge in [-0.15, -0.1) is 0 Å². The quantitative estimate of drug-likeness (QED) is 0.0651. The number of hydrogen-bond donors (Lipinski definition) is 2. The van der Waals surface area contributed by atoms with E-state index >= 15 is 0 Å². The highest BCUT2D eigenvalue weighted by Crippen LogP contribution is 2.41. The van der Waals surface area contributed by atoms with Crippen LogP contribution in [0.15, 0.2) is 85.3 Å². The Morgan fingerprint density at radius 1 is 0.734 bits per heavy atom. The van der Waals surface area contributed by atoms with E-state index in [4.69, 9.17) is 89.5 Å². The summed E-state index contributed by atoms with van der Waals surface area (Å²) in [5.74, 6) is 0.513. The molecule has 3 N–H and O–H groups in total. The van der Waals surface area contributed by atoms with Gasteiger partial charge in [0.15, 0.2) is 23.1 Å². The maximum absolute atomic E-state index is 13.7. The van der Waals surface area contributed by atoms with E-state index in [0.717, 1.165) is 11.1 Å². The summed E-state index contributed by atoms with van der Waals surface area (Å²) in [5, 5.41) is 15.6. The molecule has 19 heteroatoms. The molecule has 0 fully saturated rings. The molecule has 3 heterocycles. The lowest BCUT2D eigenvalue weighted by molar-refractivity contribution is -0.390. The van der Waals surface area contributed by atoms with Crippen molar-refractivity contribution in [1.82, 2.24) is 15.0 Å². The van der Waals surface area contributed by atoms with Crippen LogP contribution >= 0.6 is 69.6 Å². The number of halogens is 8. The highest BCUT2D eigenvalue weighted by Gasteiger charge is 2.27. The number of nitrogen functional groups attached to an aromatic ring is 1. The zero-order valence-electron chi connectivity index (χ0n) is 35.5. The standard InChI is InChI=1S/2C15H15Cl2FN2O.C15H14Cl2N2O3/c1-8-6-12(15(19-3)20-7-8)21-9(2)13-10(16)4-5-11(18)14(13)17;1-8(2)14(21-11-4-3-7-20-15(11)19)12-9(16)5-6-10(18)13(12)17;1-3-11(13-10(16)7-6-9(2)14(13)17)22-12-5-4-8-18-15(12)19(20)21/h4-7,9H,1-3H3,(H,19,20);3-8,14H,1-2H3,(H2,19,20);4-8,11H,3H2,1-2H3. The number of anilines is 2. The van der Waals surface area contributed by atoms with E-state index in [1.165, 1.54) is 36.5 Å². The molecule has 6 rings (SSSR count). The normalized spacial score (nSPS) is 12.2. The Balaban J connectivity index is 0.000000210. The molecule has 0 aliphatic rings. The van der Waals surface area contributed by atoms with Crippen molar-refractivity contribution < 1.29 is 27.9 Å². The van der Waals surface area contributed by atoms with Crippen molar-refractivity contribution in [3.63, 3.8) is 0 Å². The predicted octanol–water partition coefficient (Wildman–Crippen LogP) is 15.0. The van der Waals surface area contributed by atoms with Gasteiger partial charge in [-0.3, -0.25) is 0 Å². The number of nitrogens with one attached hydrogen (secondary N) is 1. The van der Waals surface area contributed by atoms with Gasteiger partial charge in [-0.2, -0.15) is 0 Å². The minimum absolute atomic E-state index is 0.00130. The topological polar surface area (TPSA) is 148 Å². The molecule has 340 valence electrons. The fraction of sp³-hybridized carbons (Fsp3) is 0.267. The lowest BCUT2D eigenvalue weighted by atomic mass is 9.98. The van der Waals surface area contributed by atoms with E-state index in [1.807, 2.05) is 46.8 Å². The number of rotatable bonds is 13. The van der Waals surface area contributed by atoms with Crippen LogP contribution in [-0.2, 0) is 0 Å². The summed E-state index contributed by atoms with van der Waals surface area (Å²) in [6.07, 6.45) is 3.64. The van der Waals surface area contributed by atoms with Gasteiger partial charge in [0.25, 0.3) is 0 Å². The Kier molecular flexibility index (Phi) is 19.3. The van der Waals surface area contributed by atoms with E-state index in [-0.39, 0.29) is 33.3 Å². The first kappa shape index (κ1) is 51.7. The first-order valence-electron chi connectivity index (χ1n) is 19.5. The molecule has 3 atom stereocenters. The van der Waals surface area contributed by atoms with Gasteiger partial charge >= 0.3 is 5.82 Å². The average Bonchev–Trinajstić information content (AvgIpc) is 3.25. The Labute approximate surface area is 400 Å². The third kappa shape index (κ3) is 13.1. The molecule has 0 amide bonds. The van der Waals surface area contributed by atoms with Crippen LogP contribution in [0.4, 0.5) is 26.2 Å². The molecular weight excluding hydrogens is 955 g/mol. The largest absolute Gasteiger partial charge is 0.482 e. The van der Waals surface area contributed by atoms with Crippen molar-refractivity contribution in [2.75, 3.05) is 18.1 Å². The molecule has 0 saturated heterocycles. The highest BCUT2D eigenvalue weighted by atomic mass is 35.5. The lowest BCUT2D eigenvalue weighted by Crippen LogP contribution is -2.16. The second kappa shape index (κ2) is 23.9. The Morgan fingerprint density at radius 3 is 1.88 bits per heavy atom. The van der Waals surface area contributed by atoms with Crippen LogP contribution in [-0.4, -0.2) is 26.9 Å².